The predicted octanol–water partition coefficient (Wildman–Crippen LogP) is 0.160. The van der Waals surface area contributed by atoms with Crippen LogP contribution in [0.4, 0.5) is 13.2 Å². The average Bonchev–Trinajstić information content (AvgIpc) is 1.86. The van der Waals surface area contributed by atoms with E-state index < -0.39 is 11.7 Å². The third kappa shape index (κ3) is 4.85. The number of halogens is 5. The molecule has 0 saturated carbocycles. The van der Waals surface area contributed by atoms with Gasteiger partial charge in [0.05, 0.1) is 0 Å². The SMILES string of the molecule is FC(F)(F)c1[c-]c(Cl)ccc1.[Cl-].[Zn+2]. The number of rotatable bonds is 0. The fourth-order valence-corrected chi connectivity index (χ4v) is 0.781. The van der Waals surface area contributed by atoms with E-state index in [2.05, 4.69) is 0 Å². The molecule has 1 aromatic carbocycles. The van der Waals surface area contributed by atoms with E-state index >= 15 is 0 Å². The van der Waals surface area contributed by atoms with Crippen molar-refractivity contribution in [1.29, 1.82) is 0 Å². The van der Waals surface area contributed by atoms with E-state index in [-0.39, 0.29) is 36.9 Å². The first-order valence-corrected chi connectivity index (χ1v) is 3.13. The van der Waals surface area contributed by atoms with E-state index in [0.29, 0.717) is 0 Å². The van der Waals surface area contributed by atoms with Gasteiger partial charge in [-0.1, -0.05) is 10.6 Å². The van der Waals surface area contributed by atoms with Gasteiger partial charge in [0.25, 0.3) is 0 Å². The first kappa shape index (κ1) is 15.7. The number of benzene rings is 1. The van der Waals surface area contributed by atoms with E-state index in [4.69, 9.17) is 11.6 Å². The van der Waals surface area contributed by atoms with Gasteiger partial charge in [0.2, 0.25) is 0 Å². The molecule has 0 fully saturated rings. The van der Waals surface area contributed by atoms with Crippen LogP contribution in [0, 0.1) is 6.07 Å². The summed E-state index contributed by atoms with van der Waals surface area (Å²) in [5, 5.41) is -0.0279. The van der Waals surface area contributed by atoms with Crippen molar-refractivity contribution >= 4 is 11.6 Å². The van der Waals surface area contributed by atoms with Gasteiger partial charge >= 0.3 is 25.7 Å². The monoisotopic (exact) mass is 278 g/mol. The topological polar surface area (TPSA) is 0 Å². The minimum atomic E-state index is -4.36. The fraction of sp³-hybridized carbons (Fsp3) is 0.143. The van der Waals surface area contributed by atoms with Crippen molar-refractivity contribution < 1.29 is 45.1 Å². The first-order chi connectivity index (χ1) is 5.00. The van der Waals surface area contributed by atoms with Crippen LogP contribution in [0.1, 0.15) is 5.56 Å². The Hall–Kier alpha value is 0.213. The Morgan fingerprint density at radius 1 is 1.23 bits per heavy atom. The van der Waals surface area contributed by atoms with Crippen LogP contribution in [0.25, 0.3) is 0 Å². The number of hydrogen-bond acceptors (Lipinski definition) is 0. The Labute approximate surface area is 97.6 Å². The van der Waals surface area contributed by atoms with Gasteiger partial charge in [0.1, 0.15) is 0 Å². The second kappa shape index (κ2) is 5.84. The van der Waals surface area contributed by atoms with Crippen molar-refractivity contribution in [1.82, 2.24) is 0 Å². The first-order valence-electron chi connectivity index (χ1n) is 2.75. The molecule has 0 saturated heterocycles. The van der Waals surface area contributed by atoms with Crippen LogP contribution >= 0.6 is 11.6 Å². The zero-order chi connectivity index (χ0) is 8.48. The molecule has 0 aliphatic rings. The second-order valence-corrected chi connectivity index (χ2v) is 2.32. The zero-order valence-electron chi connectivity index (χ0n) is 6.33. The standard InChI is InChI=1S/C7H3ClF3.ClH.Zn/c8-6-3-1-2-5(4-6)7(9,10)11;;/h1-3H;1H;/q-1;;+2/p-1. The minimum Gasteiger partial charge on any atom is -1.00 e. The van der Waals surface area contributed by atoms with Crippen LogP contribution in [0.5, 0.6) is 0 Å². The molecule has 0 aliphatic heterocycles. The molecule has 6 heteroatoms. The summed E-state index contributed by atoms with van der Waals surface area (Å²) in [6.45, 7) is 0. The normalized spacial score (nSPS) is 9.85. The van der Waals surface area contributed by atoms with E-state index in [1.165, 1.54) is 12.1 Å². The smallest absolute Gasteiger partial charge is 1.00 e. The molecule has 0 N–H and O–H groups in total. The minimum absolute atomic E-state index is 0. The molecule has 0 aromatic heterocycles. The summed E-state index contributed by atoms with van der Waals surface area (Å²) in [5.41, 5.74) is -0.843. The van der Waals surface area contributed by atoms with Gasteiger partial charge in [-0.2, -0.15) is 37.4 Å². The van der Waals surface area contributed by atoms with Crippen molar-refractivity contribution in [2.45, 2.75) is 6.18 Å². The molecule has 0 nitrogen and oxygen atoms in total. The molecule has 0 aliphatic carbocycles. The van der Waals surface area contributed by atoms with Crippen LogP contribution < -0.4 is 12.4 Å². The summed E-state index contributed by atoms with van der Waals surface area (Å²) in [6, 6.07) is 5.49. The van der Waals surface area contributed by atoms with Gasteiger partial charge in [-0.05, 0) is 0 Å². The maximum atomic E-state index is 11.9. The molecule has 0 amide bonds. The molecular weight excluding hydrogens is 277 g/mol. The van der Waals surface area contributed by atoms with Gasteiger partial charge in [-0.25, -0.2) is 0 Å². The summed E-state index contributed by atoms with van der Waals surface area (Å²) in [5.74, 6) is 0. The average molecular weight is 280 g/mol. The summed E-state index contributed by atoms with van der Waals surface area (Å²) in [4.78, 5) is 0. The van der Waals surface area contributed by atoms with Crippen LogP contribution in [-0.2, 0) is 25.7 Å². The number of alkyl halides is 3. The van der Waals surface area contributed by atoms with E-state index in [1.807, 2.05) is 6.07 Å². The van der Waals surface area contributed by atoms with Crippen molar-refractivity contribution in [2.75, 3.05) is 0 Å². The van der Waals surface area contributed by atoms with Crippen molar-refractivity contribution in [2.24, 2.45) is 0 Å². The van der Waals surface area contributed by atoms with Crippen molar-refractivity contribution in [3.8, 4) is 0 Å². The van der Waals surface area contributed by atoms with Crippen LogP contribution in [0.2, 0.25) is 5.02 Å². The summed E-state index contributed by atoms with van der Waals surface area (Å²) in [6.07, 6.45) is -4.36. The molecule has 0 heterocycles. The molecule has 13 heavy (non-hydrogen) atoms. The molecule has 1 aromatic rings. The Morgan fingerprint density at radius 2 is 1.77 bits per heavy atom. The van der Waals surface area contributed by atoms with Crippen LogP contribution in [0.3, 0.4) is 0 Å². The van der Waals surface area contributed by atoms with Crippen molar-refractivity contribution in [3.05, 3.63) is 34.9 Å². The molecule has 0 spiro atoms. The van der Waals surface area contributed by atoms with Gasteiger partial charge in [0, 0.05) is 0 Å². The van der Waals surface area contributed by atoms with Crippen LogP contribution in [-0.4, -0.2) is 0 Å². The third-order valence-electron chi connectivity index (χ3n) is 1.06. The Morgan fingerprint density at radius 3 is 2.08 bits per heavy atom. The van der Waals surface area contributed by atoms with Gasteiger partial charge in [-0.3, -0.25) is 0 Å². The second-order valence-electron chi connectivity index (χ2n) is 1.91. The molecule has 0 bridgehead atoms. The summed E-state index contributed by atoms with van der Waals surface area (Å²) in [7, 11) is 0. The Bertz CT molecular complexity index is 262. The molecule has 0 unspecified atom stereocenters. The quantitative estimate of drug-likeness (QED) is 0.469. The van der Waals surface area contributed by atoms with Crippen LogP contribution in [0.15, 0.2) is 18.2 Å². The predicted molar refractivity (Wildman–Crippen MR) is 35.3 cm³/mol. The molecule has 1 rings (SSSR count). The largest absolute Gasteiger partial charge is 2.00 e. The molecular formula is C7H3Cl2F3Zn. The van der Waals surface area contributed by atoms with E-state index in [9.17, 15) is 13.2 Å². The van der Waals surface area contributed by atoms with Gasteiger partial charge < -0.3 is 12.4 Å². The van der Waals surface area contributed by atoms with E-state index in [1.54, 1.807) is 0 Å². The zero-order valence-corrected chi connectivity index (χ0v) is 10.8. The summed E-state index contributed by atoms with van der Waals surface area (Å²) < 4.78 is 35.6. The Balaban J connectivity index is 0. The fourth-order valence-electron chi connectivity index (χ4n) is 0.606. The molecule has 0 radical (unpaired) electrons. The number of hydrogen-bond donors (Lipinski definition) is 0. The van der Waals surface area contributed by atoms with Gasteiger partial charge in [-0.15, -0.1) is 11.6 Å². The maximum Gasteiger partial charge on any atom is 2.00 e. The van der Waals surface area contributed by atoms with E-state index in [0.717, 1.165) is 6.07 Å². The van der Waals surface area contributed by atoms with Gasteiger partial charge in [0.15, 0.2) is 0 Å². The van der Waals surface area contributed by atoms with Crippen molar-refractivity contribution in [3.63, 3.8) is 0 Å². The third-order valence-corrected chi connectivity index (χ3v) is 1.29. The molecule has 0 atom stereocenters. The molecule has 68 valence electrons. The Kier molecular flexibility index (Phi) is 7.04. The summed E-state index contributed by atoms with van der Waals surface area (Å²) >= 11 is 5.30. The maximum absolute atomic E-state index is 11.9.